The first kappa shape index (κ1) is 20.4. The summed E-state index contributed by atoms with van der Waals surface area (Å²) in [6.45, 7) is 1.32. The molecular formula is C22H19F3N2O2. The summed E-state index contributed by atoms with van der Waals surface area (Å²) in [7, 11) is 1.77. The number of aliphatic carboxylic acids is 1. The molecule has 0 aliphatic carbocycles. The number of rotatable bonds is 6. The normalized spacial score (nSPS) is 11.7. The minimum atomic E-state index is -1.37. The average molecular weight is 400 g/mol. The quantitative estimate of drug-likeness (QED) is 0.598. The Morgan fingerprint density at radius 3 is 2.45 bits per heavy atom. The average Bonchev–Trinajstić information content (AvgIpc) is 3.11. The molecule has 29 heavy (non-hydrogen) atoms. The van der Waals surface area contributed by atoms with Gasteiger partial charge in [0.15, 0.2) is 0 Å². The number of aromatic nitrogens is 2. The lowest BCUT2D eigenvalue weighted by Gasteiger charge is -2.10. The summed E-state index contributed by atoms with van der Waals surface area (Å²) >= 11 is 0. The van der Waals surface area contributed by atoms with Crippen molar-refractivity contribution in [2.75, 3.05) is 0 Å². The van der Waals surface area contributed by atoms with E-state index in [1.54, 1.807) is 36.3 Å². The van der Waals surface area contributed by atoms with Crippen molar-refractivity contribution in [3.05, 3.63) is 82.9 Å². The van der Waals surface area contributed by atoms with Crippen molar-refractivity contribution < 1.29 is 23.1 Å². The molecule has 2 aromatic carbocycles. The third kappa shape index (κ3) is 4.39. The topological polar surface area (TPSA) is 55.1 Å². The van der Waals surface area contributed by atoms with Crippen LogP contribution in [0.5, 0.6) is 0 Å². The third-order valence-corrected chi connectivity index (χ3v) is 4.70. The van der Waals surface area contributed by atoms with Crippen molar-refractivity contribution >= 4 is 11.5 Å². The van der Waals surface area contributed by atoms with Gasteiger partial charge in [0, 0.05) is 24.4 Å². The van der Waals surface area contributed by atoms with Crippen LogP contribution in [-0.4, -0.2) is 20.9 Å². The number of carbonyl (C=O) groups is 1. The molecule has 3 aromatic rings. The lowest BCUT2D eigenvalue weighted by atomic mass is 9.97. The molecule has 1 heterocycles. The fraction of sp³-hybridized carbons (Fsp3) is 0.182. The second kappa shape index (κ2) is 8.34. The minimum absolute atomic E-state index is 0.0781. The smallest absolute Gasteiger partial charge is 0.336 e. The first-order valence-corrected chi connectivity index (χ1v) is 8.93. The van der Waals surface area contributed by atoms with Crippen LogP contribution in [0.2, 0.25) is 0 Å². The zero-order valence-corrected chi connectivity index (χ0v) is 15.9. The van der Waals surface area contributed by atoms with Gasteiger partial charge in [0.1, 0.15) is 17.5 Å². The number of allylic oxidation sites excluding steroid dienone is 1. The van der Waals surface area contributed by atoms with Crippen LogP contribution in [-0.2, 0) is 18.3 Å². The molecule has 4 nitrogen and oxygen atoms in total. The molecular weight excluding hydrogens is 381 g/mol. The van der Waals surface area contributed by atoms with Crippen LogP contribution < -0.4 is 0 Å². The van der Waals surface area contributed by atoms with E-state index in [0.29, 0.717) is 11.1 Å². The lowest BCUT2D eigenvalue weighted by Crippen LogP contribution is -2.06. The lowest BCUT2D eigenvalue weighted by molar-refractivity contribution is -0.130. The van der Waals surface area contributed by atoms with Gasteiger partial charge in [-0.25, -0.2) is 18.0 Å². The van der Waals surface area contributed by atoms with Gasteiger partial charge in [-0.15, -0.1) is 0 Å². The molecule has 0 bridgehead atoms. The Hall–Kier alpha value is -3.35. The number of aryl methyl sites for hydroxylation is 2. The largest absolute Gasteiger partial charge is 0.478 e. The molecule has 0 spiro atoms. The van der Waals surface area contributed by atoms with Gasteiger partial charge in [0.25, 0.3) is 0 Å². The summed E-state index contributed by atoms with van der Waals surface area (Å²) in [6, 6.07) is 6.62. The number of halogens is 3. The maximum Gasteiger partial charge on any atom is 0.336 e. The molecule has 3 rings (SSSR count). The molecule has 0 fully saturated rings. The SMILES string of the molecule is Cc1c(F)ccc(F)c1/C(=C\CCc1ccc(-c2cnn(C)c2)cc1F)C(=O)O. The monoisotopic (exact) mass is 400 g/mol. The molecule has 1 N–H and O–H groups in total. The molecule has 0 aliphatic heterocycles. The van der Waals surface area contributed by atoms with E-state index in [-0.39, 0.29) is 29.5 Å². The van der Waals surface area contributed by atoms with Gasteiger partial charge in [-0.05, 0) is 54.7 Å². The summed E-state index contributed by atoms with van der Waals surface area (Å²) in [5.74, 6) is -3.30. The summed E-state index contributed by atoms with van der Waals surface area (Å²) in [4.78, 5) is 11.6. The highest BCUT2D eigenvalue weighted by atomic mass is 19.1. The molecule has 0 amide bonds. The van der Waals surface area contributed by atoms with Crippen LogP contribution in [0.25, 0.3) is 16.7 Å². The first-order chi connectivity index (χ1) is 13.8. The zero-order chi connectivity index (χ0) is 21.1. The van der Waals surface area contributed by atoms with Crippen molar-refractivity contribution in [2.45, 2.75) is 19.8 Å². The summed E-state index contributed by atoms with van der Waals surface area (Å²) in [6.07, 6.45) is 5.06. The molecule has 150 valence electrons. The molecule has 0 radical (unpaired) electrons. The van der Waals surface area contributed by atoms with Crippen LogP contribution in [0, 0.1) is 24.4 Å². The van der Waals surface area contributed by atoms with Crippen LogP contribution in [0.4, 0.5) is 13.2 Å². The van der Waals surface area contributed by atoms with E-state index in [2.05, 4.69) is 5.10 Å². The standard InChI is InChI=1S/C22H19F3N2O2/c1-13-18(23)8-9-19(24)21(13)17(22(28)29)5-3-4-14-6-7-15(10-20(14)25)16-11-26-27(2)12-16/h5-12H,3-4H2,1-2H3,(H,28,29)/b17-5+. The van der Waals surface area contributed by atoms with Gasteiger partial charge in [-0.3, -0.25) is 4.68 Å². The highest BCUT2D eigenvalue weighted by Gasteiger charge is 2.19. The Morgan fingerprint density at radius 1 is 1.10 bits per heavy atom. The van der Waals surface area contributed by atoms with Crippen LogP contribution in [0.15, 0.2) is 48.8 Å². The Labute approximate surface area is 165 Å². The van der Waals surface area contributed by atoms with Gasteiger partial charge in [0.2, 0.25) is 0 Å². The number of hydrogen-bond acceptors (Lipinski definition) is 2. The molecule has 7 heteroatoms. The van der Waals surface area contributed by atoms with E-state index < -0.39 is 23.4 Å². The van der Waals surface area contributed by atoms with Gasteiger partial charge in [0.05, 0.1) is 11.8 Å². The van der Waals surface area contributed by atoms with E-state index in [9.17, 15) is 23.1 Å². The molecule has 0 aliphatic rings. The van der Waals surface area contributed by atoms with Gasteiger partial charge >= 0.3 is 5.97 Å². The predicted molar refractivity (Wildman–Crippen MR) is 104 cm³/mol. The Morgan fingerprint density at radius 2 is 1.83 bits per heavy atom. The first-order valence-electron chi connectivity index (χ1n) is 8.93. The van der Waals surface area contributed by atoms with Crippen molar-refractivity contribution in [2.24, 2.45) is 7.05 Å². The number of benzene rings is 2. The number of carboxylic acid groups (broad SMARTS) is 1. The minimum Gasteiger partial charge on any atom is -0.478 e. The zero-order valence-electron chi connectivity index (χ0n) is 15.9. The maximum absolute atomic E-state index is 14.5. The van der Waals surface area contributed by atoms with Crippen LogP contribution >= 0.6 is 0 Å². The van der Waals surface area contributed by atoms with E-state index in [1.165, 1.54) is 19.1 Å². The van der Waals surface area contributed by atoms with E-state index in [0.717, 1.165) is 17.7 Å². The molecule has 0 saturated heterocycles. The van der Waals surface area contributed by atoms with Crippen molar-refractivity contribution in [1.29, 1.82) is 0 Å². The van der Waals surface area contributed by atoms with Crippen molar-refractivity contribution in [1.82, 2.24) is 9.78 Å². The van der Waals surface area contributed by atoms with Crippen molar-refractivity contribution in [3.63, 3.8) is 0 Å². The maximum atomic E-state index is 14.5. The molecule has 0 atom stereocenters. The van der Waals surface area contributed by atoms with E-state index in [1.807, 2.05) is 0 Å². The predicted octanol–water partition coefficient (Wildman–Crippen LogP) is 4.91. The summed E-state index contributed by atoms with van der Waals surface area (Å²) in [5, 5.41) is 13.5. The van der Waals surface area contributed by atoms with Gasteiger partial charge in [-0.2, -0.15) is 5.10 Å². The highest BCUT2D eigenvalue weighted by molar-refractivity contribution is 6.15. The number of hydrogen-bond donors (Lipinski definition) is 1. The van der Waals surface area contributed by atoms with E-state index in [4.69, 9.17) is 0 Å². The molecule has 0 unspecified atom stereocenters. The van der Waals surface area contributed by atoms with Crippen molar-refractivity contribution in [3.8, 4) is 11.1 Å². The van der Waals surface area contributed by atoms with Gasteiger partial charge < -0.3 is 5.11 Å². The second-order valence-electron chi connectivity index (χ2n) is 6.70. The van der Waals surface area contributed by atoms with Crippen LogP contribution in [0.3, 0.4) is 0 Å². The number of carboxylic acids is 1. The Bertz CT molecular complexity index is 1100. The Kier molecular flexibility index (Phi) is 5.87. The Balaban J connectivity index is 1.82. The molecule has 1 aromatic heterocycles. The number of nitrogens with zero attached hydrogens (tertiary/aromatic N) is 2. The van der Waals surface area contributed by atoms with E-state index >= 15 is 0 Å². The van der Waals surface area contributed by atoms with Gasteiger partial charge in [-0.1, -0.05) is 18.2 Å². The summed E-state index contributed by atoms with van der Waals surface area (Å²) in [5.41, 5.74) is 1.15. The third-order valence-electron chi connectivity index (χ3n) is 4.70. The highest BCUT2D eigenvalue weighted by Crippen LogP contribution is 2.26. The summed E-state index contributed by atoms with van der Waals surface area (Å²) < 4.78 is 44.0. The fourth-order valence-electron chi connectivity index (χ4n) is 3.15. The van der Waals surface area contributed by atoms with Crippen LogP contribution in [0.1, 0.15) is 23.1 Å². The molecule has 0 saturated carbocycles. The fourth-order valence-corrected chi connectivity index (χ4v) is 3.15. The second-order valence-corrected chi connectivity index (χ2v) is 6.70.